The van der Waals surface area contributed by atoms with E-state index in [1.54, 1.807) is 6.21 Å². The van der Waals surface area contributed by atoms with Crippen molar-refractivity contribution in [1.29, 1.82) is 0 Å². The second-order valence-electron chi connectivity index (χ2n) is 6.37. The van der Waals surface area contributed by atoms with Crippen LogP contribution in [0.4, 0.5) is 0 Å². The van der Waals surface area contributed by atoms with Crippen LogP contribution in [0.3, 0.4) is 0 Å². The minimum absolute atomic E-state index is 0.0375. The molecule has 1 unspecified atom stereocenters. The summed E-state index contributed by atoms with van der Waals surface area (Å²) in [4.78, 5) is 12.3. The van der Waals surface area contributed by atoms with Crippen LogP contribution in [-0.2, 0) is 6.61 Å². The van der Waals surface area contributed by atoms with Crippen molar-refractivity contribution in [3.8, 4) is 5.75 Å². The Labute approximate surface area is 145 Å². The van der Waals surface area contributed by atoms with Crippen molar-refractivity contribution in [2.75, 3.05) is 0 Å². The van der Waals surface area contributed by atoms with Crippen molar-refractivity contribution >= 4 is 6.21 Å². The number of nitrogens with two attached hydrogens (primary N) is 1. The first-order valence-corrected chi connectivity index (χ1v) is 8.37. The summed E-state index contributed by atoms with van der Waals surface area (Å²) in [5, 5.41) is 14.6. The van der Waals surface area contributed by atoms with Crippen LogP contribution in [0.1, 0.15) is 43.1 Å². The van der Waals surface area contributed by atoms with Crippen LogP contribution < -0.4 is 16.0 Å². The Bertz CT molecular complexity index is 780. The van der Waals surface area contributed by atoms with Gasteiger partial charge in [0.25, 0.3) is 0 Å². The van der Waals surface area contributed by atoms with Gasteiger partial charge in [-0.25, -0.2) is 0 Å². The Hall–Kier alpha value is -2.60. The molecule has 0 radical (unpaired) electrons. The topological polar surface area (TPSA) is 98.0 Å². The van der Waals surface area contributed by atoms with Crippen LogP contribution in [0.15, 0.2) is 57.0 Å². The number of aliphatic hydroxyl groups excluding tert-OH is 1. The molecule has 1 heterocycles. The smallest absolute Gasteiger partial charge is 0.227 e. The van der Waals surface area contributed by atoms with Crippen molar-refractivity contribution in [3.63, 3.8) is 0 Å². The van der Waals surface area contributed by atoms with Crippen LogP contribution in [-0.4, -0.2) is 11.3 Å². The van der Waals surface area contributed by atoms with E-state index < -0.39 is 11.5 Å². The van der Waals surface area contributed by atoms with Gasteiger partial charge in [-0.2, -0.15) is 5.10 Å². The van der Waals surface area contributed by atoms with Gasteiger partial charge in [0.2, 0.25) is 11.2 Å². The second-order valence-corrected chi connectivity index (χ2v) is 6.37. The van der Waals surface area contributed by atoms with Gasteiger partial charge in [-0.05, 0) is 18.4 Å². The standard InChI is InChI=1S/C19H22N2O4/c20-21-13-19(9-4-5-10-19)18(23)17-16(15(22)8-11-24-17)25-12-14-6-2-1-3-7-14/h1-3,6-8,11,13,18,23H,4-5,9-10,12,20H2/b21-13-. The van der Waals surface area contributed by atoms with Gasteiger partial charge in [0.05, 0.1) is 6.26 Å². The van der Waals surface area contributed by atoms with E-state index in [2.05, 4.69) is 5.10 Å². The zero-order valence-electron chi connectivity index (χ0n) is 13.9. The maximum Gasteiger partial charge on any atom is 0.227 e. The molecule has 1 aromatic carbocycles. The minimum atomic E-state index is -1.04. The first kappa shape index (κ1) is 17.2. The molecule has 1 aromatic heterocycles. The van der Waals surface area contributed by atoms with Gasteiger partial charge in [0.1, 0.15) is 12.7 Å². The summed E-state index contributed by atoms with van der Waals surface area (Å²) in [6.07, 6.45) is 5.18. The van der Waals surface area contributed by atoms with E-state index in [0.29, 0.717) is 0 Å². The van der Waals surface area contributed by atoms with Gasteiger partial charge in [0, 0.05) is 17.7 Å². The monoisotopic (exact) mass is 342 g/mol. The number of nitrogens with zero attached hydrogens (tertiary/aromatic N) is 1. The molecule has 0 saturated heterocycles. The Morgan fingerprint density at radius 2 is 2.00 bits per heavy atom. The quantitative estimate of drug-likeness (QED) is 0.478. The van der Waals surface area contributed by atoms with Gasteiger partial charge < -0.3 is 20.1 Å². The molecule has 0 aliphatic heterocycles. The highest BCUT2D eigenvalue weighted by atomic mass is 16.5. The van der Waals surface area contributed by atoms with E-state index in [0.717, 1.165) is 31.2 Å². The molecule has 6 heteroatoms. The fraction of sp³-hybridized carbons (Fsp3) is 0.368. The highest BCUT2D eigenvalue weighted by Crippen LogP contribution is 2.47. The summed E-state index contributed by atoms with van der Waals surface area (Å²) < 4.78 is 11.2. The molecular formula is C19H22N2O4. The van der Waals surface area contributed by atoms with E-state index in [-0.39, 0.29) is 23.5 Å². The van der Waals surface area contributed by atoms with Crippen molar-refractivity contribution < 1.29 is 14.3 Å². The molecule has 1 aliphatic rings. The second kappa shape index (κ2) is 7.53. The molecule has 6 nitrogen and oxygen atoms in total. The zero-order valence-corrected chi connectivity index (χ0v) is 13.9. The van der Waals surface area contributed by atoms with Crippen molar-refractivity contribution in [1.82, 2.24) is 0 Å². The number of benzene rings is 1. The van der Waals surface area contributed by atoms with E-state index in [1.807, 2.05) is 30.3 Å². The van der Waals surface area contributed by atoms with Crippen LogP contribution in [0, 0.1) is 5.41 Å². The Morgan fingerprint density at radius 1 is 1.28 bits per heavy atom. The highest BCUT2D eigenvalue weighted by molar-refractivity contribution is 5.67. The molecule has 0 amide bonds. The molecule has 1 saturated carbocycles. The molecule has 3 N–H and O–H groups in total. The van der Waals surface area contributed by atoms with Crippen molar-refractivity contribution in [3.05, 3.63) is 64.2 Å². The van der Waals surface area contributed by atoms with E-state index in [1.165, 1.54) is 12.3 Å². The third kappa shape index (κ3) is 3.58. The van der Waals surface area contributed by atoms with Gasteiger partial charge in [-0.1, -0.05) is 43.2 Å². The number of aliphatic hydroxyl groups is 1. The molecule has 1 atom stereocenters. The number of hydrogen-bond donors (Lipinski definition) is 2. The third-order valence-electron chi connectivity index (χ3n) is 4.75. The van der Waals surface area contributed by atoms with E-state index >= 15 is 0 Å². The molecule has 0 spiro atoms. The Morgan fingerprint density at radius 3 is 2.68 bits per heavy atom. The molecule has 3 rings (SSSR count). The lowest BCUT2D eigenvalue weighted by Crippen LogP contribution is -2.29. The van der Waals surface area contributed by atoms with Crippen molar-refractivity contribution in [2.24, 2.45) is 16.4 Å². The Balaban J connectivity index is 1.91. The fourth-order valence-electron chi connectivity index (χ4n) is 3.40. The van der Waals surface area contributed by atoms with Crippen LogP contribution in [0.2, 0.25) is 0 Å². The van der Waals surface area contributed by atoms with Gasteiger partial charge >= 0.3 is 0 Å². The summed E-state index contributed by atoms with van der Waals surface area (Å²) in [7, 11) is 0. The summed E-state index contributed by atoms with van der Waals surface area (Å²) in [6, 6.07) is 10.8. The minimum Gasteiger partial charge on any atom is -0.482 e. The molecule has 25 heavy (non-hydrogen) atoms. The van der Waals surface area contributed by atoms with Crippen LogP contribution in [0.25, 0.3) is 0 Å². The SMILES string of the molecule is N/N=C\C1(C(O)c2occc(=O)c2OCc2ccccc2)CCCC1. The molecule has 1 aliphatic carbocycles. The maximum atomic E-state index is 12.3. The summed E-state index contributed by atoms with van der Waals surface area (Å²) >= 11 is 0. The summed E-state index contributed by atoms with van der Waals surface area (Å²) in [5.74, 6) is 5.51. The average Bonchev–Trinajstić information content (AvgIpc) is 3.11. The summed E-state index contributed by atoms with van der Waals surface area (Å²) in [5.41, 5.74) is -0.0314. The summed E-state index contributed by atoms with van der Waals surface area (Å²) in [6.45, 7) is 0.216. The predicted molar refractivity (Wildman–Crippen MR) is 94.3 cm³/mol. The first-order valence-electron chi connectivity index (χ1n) is 8.37. The lowest BCUT2D eigenvalue weighted by Gasteiger charge is -2.29. The van der Waals surface area contributed by atoms with E-state index in [4.69, 9.17) is 15.0 Å². The van der Waals surface area contributed by atoms with Crippen LogP contribution >= 0.6 is 0 Å². The number of ether oxygens (including phenoxy) is 1. The highest BCUT2D eigenvalue weighted by Gasteiger charge is 2.43. The number of hydrazone groups is 1. The Kier molecular flexibility index (Phi) is 5.19. The largest absolute Gasteiger partial charge is 0.482 e. The lowest BCUT2D eigenvalue weighted by atomic mass is 9.80. The zero-order chi connectivity index (χ0) is 17.7. The average molecular weight is 342 g/mol. The molecule has 132 valence electrons. The predicted octanol–water partition coefficient (Wildman–Crippen LogP) is 2.76. The lowest BCUT2D eigenvalue weighted by molar-refractivity contribution is 0.0513. The normalized spacial score (nSPS) is 17.6. The van der Waals surface area contributed by atoms with Crippen molar-refractivity contribution in [2.45, 2.75) is 38.4 Å². The van der Waals surface area contributed by atoms with Gasteiger partial charge in [-0.3, -0.25) is 4.79 Å². The van der Waals surface area contributed by atoms with Gasteiger partial charge in [-0.15, -0.1) is 0 Å². The number of rotatable bonds is 6. The first-order chi connectivity index (χ1) is 12.2. The van der Waals surface area contributed by atoms with Gasteiger partial charge in [0.15, 0.2) is 5.76 Å². The maximum absolute atomic E-state index is 12.3. The molecule has 2 aromatic rings. The van der Waals surface area contributed by atoms with Crippen LogP contribution in [0.5, 0.6) is 5.75 Å². The molecule has 0 bridgehead atoms. The third-order valence-corrected chi connectivity index (χ3v) is 4.75. The fourth-order valence-corrected chi connectivity index (χ4v) is 3.40. The number of hydrogen-bond acceptors (Lipinski definition) is 6. The molecular weight excluding hydrogens is 320 g/mol. The van der Waals surface area contributed by atoms with E-state index in [9.17, 15) is 9.90 Å². The molecule has 1 fully saturated rings.